The van der Waals surface area contributed by atoms with Gasteiger partial charge in [-0.05, 0) is 12.8 Å². The molecule has 1 aliphatic rings. The molecule has 0 bridgehead atoms. The second-order valence-electron chi connectivity index (χ2n) is 5.77. The van der Waals surface area contributed by atoms with Crippen LogP contribution in [0.2, 0.25) is 0 Å². The second-order valence-corrected chi connectivity index (χ2v) is 6.96. The maximum Gasteiger partial charge on any atom is 0.241 e. The highest BCUT2D eigenvalue weighted by Gasteiger charge is 2.32. The molecule has 0 aromatic carbocycles. The van der Waals surface area contributed by atoms with Crippen molar-refractivity contribution >= 4 is 34.5 Å². The Balaban J connectivity index is 1.60. The summed E-state index contributed by atoms with van der Waals surface area (Å²) in [5.74, 6) is 0.794. The average molecular weight is 343 g/mol. The summed E-state index contributed by atoms with van der Waals surface area (Å²) in [7, 11) is 3.70. The predicted octanol–water partition coefficient (Wildman–Crippen LogP) is 1.38. The lowest BCUT2D eigenvalue weighted by Crippen LogP contribution is -2.43. The van der Waals surface area contributed by atoms with E-state index in [4.69, 9.17) is 0 Å². The van der Waals surface area contributed by atoms with Gasteiger partial charge in [0.1, 0.15) is 11.4 Å². The fraction of sp³-hybridized carbons (Fsp3) is 0.400. The maximum atomic E-state index is 12.9. The van der Waals surface area contributed by atoms with Crippen molar-refractivity contribution in [2.24, 2.45) is 14.1 Å². The molecule has 3 aromatic rings. The average Bonchev–Trinajstić information content (AvgIpc) is 3.17. The SMILES string of the molecule is Cn1ccc(N2CCC[C@H](Sc3ncnc4c3cnn4C)C2=O)n1. The van der Waals surface area contributed by atoms with Gasteiger partial charge in [0.25, 0.3) is 0 Å². The molecule has 1 atom stereocenters. The molecule has 0 unspecified atom stereocenters. The Bertz CT molecular complexity index is 902. The smallest absolute Gasteiger partial charge is 0.241 e. The van der Waals surface area contributed by atoms with Crippen LogP contribution in [0.1, 0.15) is 12.8 Å². The Morgan fingerprint density at radius 3 is 2.96 bits per heavy atom. The Hall–Kier alpha value is -2.42. The van der Waals surface area contributed by atoms with E-state index in [9.17, 15) is 4.79 Å². The third-order valence-corrected chi connectivity index (χ3v) is 5.38. The van der Waals surface area contributed by atoms with E-state index in [0.717, 1.165) is 28.9 Å². The largest absolute Gasteiger partial charge is 0.294 e. The normalized spacial score (nSPS) is 18.5. The van der Waals surface area contributed by atoms with Crippen LogP contribution in [-0.2, 0) is 18.9 Å². The van der Waals surface area contributed by atoms with E-state index in [1.165, 1.54) is 18.1 Å². The summed E-state index contributed by atoms with van der Waals surface area (Å²) < 4.78 is 3.42. The van der Waals surface area contributed by atoms with Gasteiger partial charge in [-0.2, -0.15) is 10.2 Å². The van der Waals surface area contributed by atoms with Crippen LogP contribution in [0.5, 0.6) is 0 Å². The number of nitrogens with zero attached hydrogens (tertiary/aromatic N) is 7. The van der Waals surface area contributed by atoms with Crippen molar-refractivity contribution in [1.29, 1.82) is 0 Å². The van der Waals surface area contributed by atoms with Gasteiger partial charge >= 0.3 is 0 Å². The lowest BCUT2D eigenvalue weighted by molar-refractivity contribution is -0.119. The molecule has 9 heteroatoms. The summed E-state index contributed by atoms with van der Waals surface area (Å²) in [5, 5.41) is 10.1. The Kier molecular flexibility index (Phi) is 3.72. The Morgan fingerprint density at radius 1 is 1.29 bits per heavy atom. The number of hydrogen-bond donors (Lipinski definition) is 0. The molecule has 1 saturated heterocycles. The van der Waals surface area contributed by atoms with E-state index in [1.54, 1.807) is 20.5 Å². The number of piperidine rings is 1. The highest BCUT2D eigenvalue weighted by atomic mass is 32.2. The lowest BCUT2D eigenvalue weighted by Gasteiger charge is -2.30. The molecule has 124 valence electrons. The van der Waals surface area contributed by atoms with Crippen molar-refractivity contribution < 1.29 is 4.79 Å². The number of carbonyl (C=O) groups is 1. The molecule has 0 saturated carbocycles. The van der Waals surface area contributed by atoms with Gasteiger partial charge in [0.2, 0.25) is 5.91 Å². The van der Waals surface area contributed by atoms with Crippen LogP contribution in [-0.4, -0.2) is 47.2 Å². The van der Waals surface area contributed by atoms with E-state index in [0.29, 0.717) is 12.4 Å². The second kappa shape index (κ2) is 5.90. The minimum absolute atomic E-state index is 0.0839. The molecule has 0 aliphatic carbocycles. The van der Waals surface area contributed by atoms with Gasteiger partial charge in [-0.15, -0.1) is 0 Å². The first kappa shape index (κ1) is 15.1. The number of carbonyl (C=O) groups excluding carboxylic acids is 1. The number of aryl methyl sites for hydroxylation is 2. The van der Waals surface area contributed by atoms with Crippen LogP contribution >= 0.6 is 11.8 Å². The first-order valence-electron chi connectivity index (χ1n) is 7.74. The van der Waals surface area contributed by atoms with Gasteiger partial charge in [0.05, 0.1) is 16.8 Å². The summed E-state index contributed by atoms with van der Waals surface area (Å²) in [4.78, 5) is 23.2. The minimum Gasteiger partial charge on any atom is -0.294 e. The highest BCUT2D eigenvalue weighted by molar-refractivity contribution is 8.00. The van der Waals surface area contributed by atoms with Crippen molar-refractivity contribution in [2.45, 2.75) is 23.1 Å². The number of aromatic nitrogens is 6. The van der Waals surface area contributed by atoms with E-state index < -0.39 is 0 Å². The molecule has 1 fully saturated rings. The summed E-state index contributed by atoms with van der Waals surface area (Å²) in [6, 6.07) is 1.87. The van der Waals surface area contributed by atoms with Gasteiger partial charge in [-0.1, -0.05) is 11.8 Å². The maximum absolute atomic E-state index is 12.9. The molecule has 0 spiro atoms. The van der Waals surface area contributed by atoms with Gasteiger partial charge in [-0.3, -0.25) is 19.1 Å². The predicted molar refractivity (Wildman–Crippen MR) is 90.7 cm³/mol. The van der Waals surface area contributed by atoms with Crippen LogP contribution < -0.4 is 4.90 Å². The van der Waals surface area contributed by atoms with Gasteiger partial charge in [-0.25, -0.2) is 9.97 Å². The summed E-state index contributed by atoms with van der Waals surface area (Å²) in [6.45, 7) is 0.707. The van der Waals surface area contributed by atoms with E-state index in [-0.39, 0.29) is 11.2 Å². The van der Waals surface area contributed by atoms with Crippen LogP contribution in [0.25, 0.3) is 11.0 Å². The van der Waals surface area contributed by atoms with Crippen LogP contribution in [0, 0.1) is 0 Å². The Labute approximate surface area is 142 Å². The molecular weight excluding hydrogens is 326 g/mol. The summed E-state index contributed by atoms with van der Waals surface area (Å²) >= 11 is 1.49. The molecule has 1 amide bonds. The first-order valence-corrected chi connectivity index (χ1v) is 8.62. The molecular formula is C15H17N7OS. The van der Waals surface area contributed by atoms with Crippen molar-refractivity contribution in [1.82, 2.24) is 29.5 Å². The van der Waals surface area contributed by atoms with Crippen molar-refractivity contribution in [3.05, 3.63) is 24.8 Å². The third kappa shape index (κ3) is 2.54. The summed E-state index contributed by atoms with van der Waals surface area (Å²) in [6.07, 6.45) is 6.90. The number of thioether (sulfide) groups is 1. The number of fused-ring (bicyclic) bond motifs is 1. The zero-order valence-electron chi connectivity index (χ0n) is 13.5. The summed E-state index contributed by atoms with van der Waals surface area (Å²) in [5.41, 5.74) is 0.775. The third-order valence-electron chi connectivity index (χ3n) is 4.11. The van der Waals surface area contributed by atoms with Crippen molar-refractivity contribution in [3.8, 4) is 0 Å². The quantitative estimate of drug-likeness (QED) is 0.668. The topological polar surface area (TPSA) is 81.7 Å². The molecule has 3 aromatic heterocycles. The fourth-order valence-corrected chi connectivity index (χ4v) is 4.06. The van der Waals surface area contributed by atoms with Crippen molar-refractivity contribution in [3.63, 3.8) is 0 Å². The van der Waals surface area contributed by atoms with Gasteiger partial charge < -0.3 is 0 Å². The molecule has 0 radical (unpaired) electrons. The van der Waals surface area contributed by atoms with Gasteiger partial charge in [0.15, 0.2) is 11.5 Å². The number of amides is 1. The minimum atomic E-state index is -0.168. The molecule has 4 heterocycles. The number of anilines is 1. The molecule has 0 N–H and O–H groups in total. The molecule has 1 aliphatic heterocycles. The van der Waals surface area contributed by atoms with Crippen LogP contribution in [0.3, 0.4) is 0 Å². The lowest BCUT2D eigenvalue weighted by atomic mass is 10.1. The van der Waals surface area contributed by atoms with Gasteiger partial charge in [0, 0.05) is 32.9 Å². The van der Waals surface area contributed by atoms with E-state index in [1.807, 2.05) is 26.4 Å². The highest BCUT2D eigenvalue weighted by Crippen LogP contribution is 2.33. The number of hydrogen-bond acceptors (Lipinski definition) is 6. The standard InChI is InChI=1S/C15H17N7OS/c1-20-7-5-12(19-20)22-6-3-4-11(15(22)23)24-14-10-8-18-21(2)13(10)16-9-17-14/h5,7-9,11H,3-4,6H2,1-2H3/t11-/m0/s1. The zero-order chi connectivity index (χ0) is 16.7. The van der Waals surface area contributed by atoms with Crippen LogP contribution in [0.15, 0.2) is 29.8 Å². The van der Waals surface area contributed by atoms with Crippen LogP contribution in [0.4, 0.5) is 5.82 Å². The zero-order valence-corrected chi connectivity index (χ0v) is 14.3. The Morgan fingerprint density at radius 2 is 2.17 bits per heavy atom. The molecule has 4 rings (SSSR count). The fourth-order valence-electron chi connectivity index (χ4n) is 2.90. The molecule has 24 heavy (non-hydrogen) atoms. The first-order chi connectivity index (χ1) is 11.6. The number of rotatable bonds is 3. The van der Waals surface area contributed by atoms with Crippen molar-refractivity contribution in [2.75, 3.05) is 11.4 Å². The van der Waals surface area contributed by atoms with E-state index >= 15 is 0 Å². The van der Waals surface area contributed by atoms with E-state index in [2.05, 4.69) is 20.2 Å². The monoisotopic (exact) mass is 343 g/mol. The molecule has 8 nitrogen and oxygen atoms in total.